The third kappa shape index (κ3) is 4.93. The van der Waals surface area contributed by atoms with Crippen LogP contribution in [0.5, 0.6) is 5.75 Å². The predicted molar refractivity (Wildman–Crippen MR) is 124 cm³/mol. The number of hydrogen-bond acceptors (Lipinski definition) is 7. The topological polar surface area (TPSA) is 123 Å². The summed E-state index contributed by atoms with van der Waals surface area (Å²) in [7, 11) is 1.59. The van der Waals surface area contributed by atoms with Crippen LogP contribution in [0.2, 0.25) is 0 Å². The minimum absolute atomic E-state index is 0.000145. The number of methoxy groups -OCH3 is 1. The number of hydrogen-bond donors (Lipinski definition) is 1. The monoisotopic (exact) mass is 465 g/mol. The molecule has 1 aliphatic rings. The summed E-state index contributed by atoms with van der Waals surface area (Å²) in [4.78, 5) is 25.8. The lowest BCUT2D eigenvalue weighted by atomic mass is 9.93. The van der Waals surface area contributed by atoms with E-state index >= 15 is 0 Å². The zero-order chi connectivity index (χ0) is 24.2. The first-order chi connectivity index (χ1) is 16.4. The lowest BCUT2D eigenvalue weighted by Gasteiger charge is -2.31. The van der Waals surface area contributed by atoms with E-state index in [-0.39, 0.29) is 18.1 Å². The molecule has 9 nitrogen and oxygen atoms in total. The lowest BCUT2D eigenvalue weighted by Crippen LogP contribution is -2.37. The van der Waals surface area contributed by atoms with Crippen molar-refractivity contribution in [3.8, 4) is 11.8 Å². The quantitative estimate of drug-likeness (QED) is 0.532. The maximum atomic E-state index is 14.1. The molecule has 178 valence electrons. The second kappa shape index (κ2) is 10.0. The molecular weight excluding hydrogens is 437 g/mol. The van der Waals surface area contributed by atoms with Gasteiger partial charge in [0.15, 0.2) is 17.0 Å². The number of anilines is 1. The number of rotatable bonds is 7. The Morgan fingerprint density at radius 1 is 1.26 bits per heavy atom. The van der Waals surface area contributed by atoms with Gasteiger partial charge in [-0.15, -0.1) is 0 Å². The number of carbonyl (C=O) groups is 1. The first-order valence-electron chi connectivity index (χ1n) is 11.4. The number of halogens is 1. The molecule has 0 atom stereocenters. The standard InChI is InChI=1S/C24H28FN7O2/c1-15(33)31-10-6-16(7-11-31)8-12-32-20(28-21-22(27)29-24(25)30-23(21)32)14-18-13-19(34-2)4-3-17(18)5-9-26/h3-4,13,16H,5-8,10-12,14H2,1-2H3,(H2,27,29,30). The molecule has 3 heterocycles. The summed E-state index contributed by atoms with van der Waals surface area (Å²) < 4.78 is 21.3. The molecule has 0 aliphatic carbocycles. The average Bonchev–Trinajstić information content (AvgIpc) is 3.16. The minimum Gasteiger partial charge on any atom is -0.497 e. The molecule has 0 unspecified atom stereocenters. The highest BCUT2D eigenvalue weighted by Gasteiger charge is 2.23. The van der Waals surface area contributed by atoms with Crippen molar-refractivity contribution in [3.05, 3.63) is 41.2 Å². The van der Waals surface area contributed by atoms with E-state index in [1.54, 1.807) is 14.0 Å². The van der Waals surface area contributed by atoms with Crippen LogP contribution in [0.4, 0.5) is 10.2 Å². The summed E-state index contributed by atoms with van der Waals surface area (Å²) in [6, 6.07) is 7.79. The van der Waals surface area contributed by atoms with Crippen LogP contribution in [0, 0.1) is 23.3 Å². The molecule has 0 spiro atoms. The number of likely N-dealkylation sites (tertiary alicyclic amines) is 1. The highest BCUT2D eigenvalue weighted by molar-refractivity contribution is 5.82. The number of aromatic nitrogens is 4. The Kier molecular flexibility index (Phi) is 6.91. The summed E-state index contributed by atoms with van der Waals surface area (Å²) in [6.45, 7) is 3.69. The molecule has 1 aromatic carbocycles. The molecule has 34 heavy (non-hydrogen) atoms. The fourth-order valence-electron chi connectivity index (χ4n) is 4.58. The number of aryl methyl sites for hydroxylation is 1. The van der Waals surface area contributed by atoms with E-state index in [1.165, 1.54) is 0 Å². The highest BCUT2D eigenvalue weighted by Crippen LogP contribution is 2.27. The average molecular weight is 466 g/mol. The summed E-state index contributed by atoms with van der Waals surface area (Å²) >= 11 is 0. The van der Waals surface area contributed by atoms with Crippen molar-refractivity contribution in [1.29, 1.82) is 5.26 Å². The summed E-state index contributed by atoms with van der Waals surface area (Å²) in [6.07, 6.45) is 2.47. The van der Waals surface area contributed by atoms with Gasteiger partial charge in [0.2, 0.25) is 5.91 Å². The number of piperidine rings is 1. The van der Waals surface area contributed by atoms with Gasteiger partial charge < -0.3 is 19.9 Å². The summed E-state index contributed by atoms with van der Waals surface area (Å²) in [5.41, 5.74) is 8.49. The molecule has 1 fully saturated rings. The van der Waals surface area contributed by atoms with Gasteiger partial charge in [-0.2, -0.15) is 19.6 Å². The molecule has 2 aromatic heterocycles. The van der Waals surface area contributed by atoms with Crippen LogP contribution in [0.25, 0.3) is 11.2 Å². The van der Waals surface area contributed by atoms with Crippen LogP contribution < -0.4 is 10.5 Å². The number of nitriles is 1. The second-order valence-electron chi connectivity index (χ2n) is 8.61. The smallest absolute Gasteiger partial charge is 0.312 e. The highest BCUT2D eigenvalue weighted by atomic mass is 19.1. The summed E-state index contributed by atoms with van der Waals surface area (Å²) in [5, 5.41) is 9.25. The van der Waals surface area contributed by atoms with Crippen molar-refractivity contribution < 1.29 is 13.9 Å². The van der Waals surface area contributed by atoms with Crippen LogP contribution in [0.1, 0.15) is 43.1 Å². The van der Waals surface area contributed by atoms with Crippen molar-refractivity contribution >= 4 is 22.9 Å². The minimum atomic E-state index is -0.890. The molecule has 1 aliphatic heterocycles. The van der Waals surface area contributed by atoms with Gasteiger partial charge in [0.25, 0.3) is 0 Å². The summed E-state index contributed by atoms with van der Waals surface area (Å²) in [5.74, 6) is 1.91. The number of ether oxygens (including phenoxy) is 1. The van der Waals surface area contributed by atoms with Crippen LogP contribution >= 0.6 is 0 Å². The Balaban J connectivity index is 1.65. The molecule has 3 aromatic rings. The number of amides is 1. The van der Waals surface area contributed by atoms with E-state index in [2.05, 4.69) is 21.0 Å². The second-order valence-corrected chi connectivity index (χ2v) is 8.61. The van der Waals surface area contributed by atoms with E-state index in [0.29, 0.717) is 41.6 Å². The van der Waals surface area contributed by atoms with E-state index in [9.17, 15) is 14.4 Å². The molecule has 0 saturated carbocycles. The third-order valence-corrected chi connectivity index (χ3v) is 6.53. The molecular formula is C24H28FN7O2. The van der Waals surface area contributed by atoms with Crippen LogP contribution in [0.15, 0.2) is 18.2 Å². The molecule has 0 radical (unpaired) electrons. The third-order valence-electron chi connectivity index (χ3n) is 6.53. The largest absolute Gasteiger partial charge is 0.497 e. The van der Waals surface area contributed by atoms with Gasteiger partial charge in [-0.3, -0.25) is 4.79 Å². The zero-order valence-electron chi connectivity index (χ0n) is 19.4. The van der Waals surface area contributed by atoms with E-state index < -0.39 is 6.08 Å². The van der Waals surface area contributed by atoms with Crippen molar-refractivity contribution in [2.75, 3.05) is 25.9 Å². The van der Waals surface area contributed by atoms with Crippen molar-refractivity contribution in [1.82, 2.24) is 24.4 Å². The van der Waals surface area contributed by atoms with Crippen molar-refractivity contribution in [2.24, 2.45) is 5.92 Å². The molecule has 1 saturated heterocycles. The molecule has 2 N–H and O–H groups in total. The molecule has 0 bridgehead atoms. The van der Waals surface area contributed by atoms with Crippen LogP contribution in [0.3, 0.4) is 0 Å². The van der Waals surface area contributed by atoms with Crippen molar-refractivity contribution in [3.63, 3.8) is 0 Å². The number of carbonyl (C=O) groups excluding carboxylic acids is 1. The number of benzene rings is 1. The first kappa shape index (κ1) is 23.4. The zero-order valence-corrected chi connectivity index (χ0v) is 19.4. The van der Waals surface area contributed by atoms with Gasteiger partial charge in [0.05, 0.1) is 19.6 Å². The Morgan fingerprint density at radius 2 is 2.03 bits per heavy atom. The normalized spacial score (nSPS) is 14.4. The number of imidazole rings is 1. The van der Waals surface area contributed by atoms with Gasteiger partial charge in [-0.1, -0.05) is 6.07 Å². The van der Waals surface area contributed by atoms with Gasteiger partial charge >= 0.3 is 6.08 Å². The van der Waals surface area contributed by atoms with Gasteiger partial charge in [-0.25, -0.2) is 4.98 Å². The molecule has 10 heteroatoms. The maximum Gasteiger partial charge on any atom is 0.312 e. The fraction of sp³-hybridized carbons (Fsp3) is 0.458. The Hall–Kier alpha value is -3.74. The fourth-order valence-corrected chi connectivity index (χ4v) is 4.58. The van der Waals surface area contributed by atoms with Crippen molar-refractivity contribution in [2.45, 2.75) is 45.6 Å². The number of nitrogen functional groups attached to an aromatic ring is 1. The number of nitrogens with zero attached hydrogens (tertiary/aromatic N) is 6. The predicted octanol–water partition coefficient (Wildman–Crippen LogP) is 2.86. The van der Waals surface area contributed by atoms with E-state index in [1.807, 2.05) is 27.7 Å². The van der Waals surface area contributed by atoms with Gasteiger partial charge in [-0.05, 0) is 48.4 Å². The van der Waals surface area contributed by atoms with E-state index in [4.69, 9.17) is 10.5 Å². The number of nitrogens with two attached hydrogens (primary N) is 1. The Labute approximate surface area is 197 Å². The number of fused-ring (bicyclic) bond motifs is 1. The molecule has 1 amide bonds. The Morgan fingerprint density at radius 3 is 2.71 bits per heavy atom. The van der Waals surface area contributed by atoms with E-state index in [0.717, 1.165) is 43.5 Å². The SMILES string of the molecule is COc1ccc(CC#N)c(Cc2nc3c(N)nc(F)nc3n2CCC2CCN(C(C)=O)CC2)c1. The lowest BCUT2D eigenvalue weighted by molar-refractivity contribution is -0.130. The first-order valence-corrected chi connectivity index (χ1v) is 11.4. The van der Waals surface area contributed by atoms with Crippen LogP contribution in [-0.2, 0) is 24.2 Å². The molecule has 4 rings (SSSR count). The van der Waals surface area contributed by atoms with Gasteiger partial charge in [0.1, 0.15) is 11.6 Å². The Bertz CT molecular complexity index is 1240. The van der Waals surface area contributed by atoms with Crippen LogP contribution in [-0.4, -0.2) is 50.5 Å². The maximum absolute atomic E-state index is 14.1. The van der Waals surface area contributed by atoms with Gasteiger partial charge in [0, 0.05) is 33.0 Å².